The molecular formula is C19H28F2N2O2. The van der Waals surface area contributed by atoms with Crippen LogP contribution in [0.3, 0.4) is 0 Å². The predicted octanol–water partition coefficient (Wildman–Crippen LogP) is 3.95. The van der Waals surface area contributed by atoms with E-state index in [2.05, 4.69) is 10.1 Å². The fraction of sp³-hybridized carbons (Fsp3) is 0.632. The molecule has 140 valence electrons. The molecule has 0 saturated heterocycles. The van der Waals surface area contributed by atoms with Crippen molar-refractivity contribution in [3.63, 3.8) is 0 Å². The van der Waals surface area contributed by atoms with Crippen LogP contribution in [0.1, 0.15) is 50.5 Å². The quantitative estimate of drug-likeness (QED) is 0.806. The van der Waals surface area contributed by atoms with Gasteiger partial charge in [0.1, 0.15) is 5.75 Å². The Kier molecular flexibility index (Phi) is 8.12. The number of nitrogens with one attached hydrogen (secondary N) is 1. The number of benzene rings is 1. The van der Waals surface area contributed by atoms with Gasteiger partial charge in [-0.3, -0.25) is 9.69 Å². The summed E-state index contributed by atoms with van der Waals surface area (Å²) in [5, 5.41) is 3.15. The van der Waals surface area contributed by atoms with Crippen molar-refractivity contribution in [1.82, 2.24) is 10.2 Å². The van der Waals surface area contributed by atoms with Crippen molar-refractivity contribution in [3.05, 3.63) is 29.8 Å². The standard InChI is InChI=1S/C19H28F2N2O2/c1-23(13-15-9-11-17(12-10-15)25-19(20)21)14-18(24)22-16-7-5-3-2-4-6-8-16/h9-12,16,19H,2-8,13-14H2,1H3,(H,22,24). The van der Waals surface area contributed by atoms with Gasteiger partial charge in [0, 0.05) is 12.6 Å². The molecule has 25 heavy (non-hydrogen) atoms. The highest BCUT2D eigenvalue weighted by molar-refractivity contribution is 5.78. The molecule has 1 N–H and O–H groups in total. The van der Waals surface area contributed by atoms with Gasteiger partial charge in [-0.15, -0.1) is 0 Å². The summed E-state index contributed by atoms with van der Waals surface area (Å²) in [5.41, 5.74) is 0.947. The number of amides is 1. The topological polar surface area (TPSA) is 41.6 Å². The fourth-order valence-corrected chi connectivity index (χ4v) is 3.26. The normalized spacial score (nSPS) is 16.5. The molecule has 0 heterocycles. The molecule has 6 heteroatoms. The molecule has 0 aromatic heterocycles. The van der Waals surface area contributed by atoms with Crippen molar-refractivity contribution in [2.45, 2.75) is 64.1 Å². The van der Waals surface area contributed by atoms with E-state index in [0.717, 1.165) is 18.4 Å². The molecule has 1 aromatic rings. The first-order valence-electron chi connectivity index (χ1n) is 9.04. The van der Waals surface area contributed by atoms with Crippen LogP contribution < -0.4 is 10.1 Å². The highest BCUT2D eigenvalue weighted by atomic mass is 19.3. The van der Waals surface area contributed by atoms with Crippen LogP contribution in [0.15, 0.2) is 24.3 Å². The SMILES string of the molecule is CN(CC(=O)NC1CCCCCCC1)Cc1ccc(OC(F)F)cc1. The third-order valence-electron chi connectivity index (χ3n) is 4.48. The highest BCUT2D eigenvalue weighted by Crippen LogP contribution is 2.17. The monoisotopic (exact) mass is 354 g/mol. The number of hydrogen-bond donors (Lipinski definition) is 1. The smallest absolute Gasteiger partial charge is 0.387 e. The van der Waals surface area contributed by atoms with Crippen molar-refractivity contribution in [2.24, 2.45) is 0 Å². The molecule has 0 aliphatic heterocycles. The predicted molar refractivity (Wildman–Crippen MR) is 93.7 cm³/mol. The number of nitrogens with zero attached hydrogens (tertiary/aromatic N) is 1. The lowest BCUT2D eigenvalue weighted by molar-refractivity contribution is -0.122. The molecular weight excluding hydrogens is 326 g/mol. The highest BCUT2D eigenvalue weighted by Gasteiger charge is 2.15. The van der Waals surface area contributed by atoms with Crippen LogP contribution in [0.25, 0.3) is 0 Å². The Labute approximate surface area is 148 Å². The lowest BCUT2D eigenvalue weighted by Crippen LogP contribution is -2.41. The zero-order valence-electron chi connectivity index (χ0n) is 14.8. The molecule has 0 atom stereocenters. The molecule has 0 spiro atoms. The Morgan fingerprint density at radius 1 is 1.16 bits per heavy atom. The Bertz CT molecular complexity index is 515. The number of hydrogen-bond acceptors (Lipinski definition) is 3. The van der Waals surface area contributed by atoms with E-state index in [1.54, 1.807) is 12.1 Å². The Balaban J connectivity index is 1.74. The van der Waals surface area contributed by atoms with Gasteiger partial charge in [0.15, 0.2) is 0 Å². The summed E-state index contributed by atoms with van der Waals surface area (Å²) in [5.74, 6) is 0.189. The van der Waals surface area contributed by atoms with E-state index in [0.29, 0.717) is 19.1 Å². The number of ether oxygens (including phenoxy) is 1. The van der Waals surface area contributed by atoms with Gasteiger partial charge in [0.25, 0.3) is 0 Å². The van der Waals surface area contributed by atoms with Gasteiger partial charge in [-0.05, 0) is 37.6 Å². The molecule has 1 aromatic carbocycles. The lowest BCUT2D eigenvalue weighted by Gasteiger charge is -2.23. The van der Waals surface area contributed by atoms with Crippen LogP contribution >= 0.6 is 0 Å². The minimum Gasteiger partial charge on any atom is -0.435 e. The number of carbonyl (C=O) groups excluding carboxylic acids is 1. The molecule has 4 nitrogen and oxygen atoms in total. The van der Waals surface area contributed by atoms with Gasteiger partial charge in [-0.1, -0.05) is 44.2 Å². The zero-order valence-corrected chi connectivity index (χ0v) is 14.8. The van der Waals surface area contributed by atoms with E-state index in [-0.39, 0.29) is 11.7 Å². The van der Waals surface area contributed by atoms with E-state index < -0.39 is 6.61 Å². The first-order valence-corrected chi connectivity index (χ1v) is 9.04. The van der Waals surface area contributed by atoms with Gasteiger partial charge < -0.3 is 10.1 Å². The second kappa shape index (κ2) is 10.3. The summed E-state index contributed by atoms with van der Waals surface area (Å²) < 4.78 is 28.6. The molecule has 1 saturated carbocycles. The van der Waals surface area contributed by atoms with E-state index >= 15 is 0 Å². The summed E-state index contributed by atoms with van der Waals surface area (Å²) in [7, 11) is 1.88. The second-order valence-corrected chi connectivity index (χ2v) is 6.80. The van der Waals surface area contributed by atoms with Crippen LogP contribution in [-0.2, 0) is 11.3 Å². The van der Waals surface area contributed by atoms with Crippen molar-refractivity contribution in [1.29, 1.82) is 0 Å². The molecule has 2 rings (SSSR count). The maximum absolute atomic E-state index is 12.2. The molecule has 0 bridgehead atoms. The maximum Gasteiger partial charge on any atom is 0.387 e. The molecule has 1 fully saturated rings. The van der Waals surface area contributed by atoms with Crippen molar-refractivity contribution in [2.75, 3.05) is 13.6 Å². The van der Waals surface area contributed by atoms with Gasteiger partial charge in [0.2, 0.25) is 5.91 Å². The van der Waals surface area contributed by atoms with E-state index in [4.69, 9.17) is 0 Å². The van der Waals surface area contributed by atoms with Crippen LogP contribution in [0.4, 0.5) is 8.78 Å². The number of alkyl halides is 2. The molecule has 0 unspecified atom stereocenters. The van der Waals surface area contributed by atoms with Gasteiger partial charge >= 0.3 is 6.61 Å². The average Bonchev–Trinajstić information content (AvgIpc) is 2.51. The van der Waals surface area contributed by atoms with E-state index in [9.17, 15) is 13.6 Å². The zero-order chi connectivity index (χ0) is 18.1. The summed E-state index contributed by atoms with van der Waals surface area (Å²) in [6, 6.07) is 6.81. The molecule has 1 amide bonds. The summed E-state index contributed by atoms with van der Waals surface area (Å²) in [4.78, 5) is 14.1. The number of rotatable bonds is 7. The van der Waals surface area contributed by atoms with Gasteiger partial charge in [-0.25, -0.2) is 0 Å². The maximum atomic E-state index is 12.2. The lowest BCUT2D eigenvalue weighted by atomic mass is 9.97. The minimum atomic E-state index is -2.81. The van der Waals surface area contributed by atoms with Crippen LogP contribution in [0.5, 0.6) is 5.75 Å². The van der Waals surface area contributed by atoms with Gasteiger partial charge in [-0.2, -0.15) is 8.78 Å². The summed E-state index contributed by atoms with van der Waals surface area (Å²) in [6.07, 6.45) is 8.35. The Morgan fingerprint density at radius 3 is 2.36 bits per heavy atom. The van der Waals surface area contributed by atoms with E-state index in [1.165, 1.54) is 44.2 Å². The van der Waals surface area contributed by atoms with Crippen molar-refractivity contribution < 1.29 is 18.3 Å². The average molecular weight is 354 g/mol. The van der Waals surface area contributed by atoms with Crippen molar-refractivity contribution >= 4 is 5.91 Å². The first kappa shape index (κ1) is 19.6. The van der Waals surface area contributed by atoms with Gasteiger partial charge in [0.05, 0.1) is 6.54 Å². The number of likely N-dealkylation sites (N-methyl/N-ethyl adjacent to an activating group) is 1. The number of halogens is 2. The van der Waals surface area contributed by atoms with E-state index in [1.807, 2.05) is 11.9 Å². The Morgan fingerprint density at radius 2 is 1.76 bits per heavy atom. The van der Waals surface area contributed by atoms with Crippen LogP contribution in [-0.4, -0.2) is 37.1 Å². The van der Waals surface area contributed by atoms with Crippen LogP contribution in [0.2, 0.25) is 0 Å². The van der Waals surface area contributed by atoms with Crippen molar-refractivity contribution in [3.8, 4) is 5.75 Å². The Hall–Kier alpha value is -1.69. The molecule has 1 aliphatic rings. The largest absolute Gasteiger partial charge is 0.435 e. The third-order valence-corrected chi connectivity index (χ3v) is 4.48. The summed E-state index contributed by atoms with van der Waals surface area (Å²) in [6.45, 7) is -1.91. The second-order valence-electron chi connectivity index (χ2n) is 6.80. The fourth-order valence-electron chi connectivity index (χ4n) is 3.26. The van der Waals surface area contributed by atoms with Crippen LogP contribution in [0, 0.1) is 0 Å². The molecule has 0 radical (unpaired) electrons. The minimum absolute atomic E-state index is 0.0470. The molecule has 1 aliphatic carbocycles. The number of carbonyl (C=O) groups is 1. The third kappa shape index (κ3) is 7.82. The first-order chi connectivity index (χ1) is 12.0. The summed E-state index contributed by atoms with van der Waals surface area (Å²) >= 11 is 0.